The molecule has 150 valence electrons. The molecule has 0 aromatic heterocycles. The van der Waals surface area contributed by atoms with Crippen LogP contribution < -0.4 is 30.6 Å². The molecular formula is C20H26N4O4. The van der Waals surface area contributed by atoms with Gasteiger partial charge in [-0.05, 0) is 35.4 Å². The quantitative estimate of drug-likeness (QED) is 0.445. The molecule has 0 unspecified atom stereocenters. The topological polar surface area (TPSA) is 107 Å². The first kappa shape index (κ1) is 20.9. The summed E-state index contributed by atoms with van der Waals surface area (Å²) in [5.74, 6) is 2.10. The monoisotopic (exact) mass is 386 g/mol. The summed E-state index contributed by atoms with van der Waals surface area (Å²) >= 11 is 0. The number of hydrogen-bond donors (Lipinski definition) is 3. The molecule has 0 bridgehead atoms. The summed E-state index contributed by atoms with van der Waals surface area (Å²) < 4.78 is 15.9. The van der Waals surface area contributed by atoms with Gasteiger partial charge in [0.25, 0.3) is 5.91 Å². The second-order valence-electron chi connectivity index (χ2n) is 5.87. The second kappa shape index (κ2) is 10.7. The van der Waals surface area contributed by atoms with E-state index in [4.69, 9.17) is 19.9 Å². The normalized spacial score (nSPS) is 10.9. The van der Waals surface area contributed by atoms with Crippen LogP contribution in [0.2, 0.25) is 0 Å². The summed E-state index contributed by atoms with van der Waals surface area (Å²) in [6.45, 7) is 0.965. The first-order valence-corrected chi connectivity index (χ1v) is 8.71. The highest BCUT2D eigenvalue weighted by Gasteiger charge is 2.06. The molecule has 2 aromatic carbocycles. The number of methoxy groups -OCH3 is 2. The molecule has 8 heteroatoms. The summed E-state index contributed by atoms with van der Waals surface area (Å²) in [5, 5.41) is 6.48. The van der Waals surface area contributed by atoms with Gasteiger partial charge < -0.3 is 30.6 Å². The average Bonchev–Trinajstić information content (AvgIpc) is 2.72. The Morgan fingerprint density at radius 2 is 1.68 bits per heavy atom. The molecule has 0 spiro atoms. The van der Waals surface area contributed by atoms with E-state index in [1.165, 1.54) is 0 Å². The predicted octanol–water partition coefficient (Wildman–Crippen LogP) is 1.43. The third-order valence-corrected chi connectivity index (χ3v) is 3.87. The number of aliphatic imine (C=N–C) groups is 1. The molecule has 0 aliphatic carbocycles. The van der Waals surface area contributed by atoms with Crippen molar-refractivity contribution >= 4 is 11.9 Å². The van der Waals surface area contributed by atoms with E-state index in [1.807, 2.05) is 36.4 Å². The molecule has 0 aliphatic heterocycles. The van der Waals surface area contributed by atoms with Crippen LogP contribution in [0.1, 0.15) is 11.1 Å². The lowest BCUT2D eigenvalue weighted by Gasteiger charge is -2.14. The minimum Gasteiger partial charge on any atom is -0.493 e. The average molecular weight is 386 g/mol. The van der Waals surface area contributed by atoms with Crippen molar-refractivity contribution in [1.82, 2.24) is 10.6 Å². The number of primary amides is 1. The Bertz CT molecular complexity index is 824. The molecule has 0 atom stereocenters. The van der Waals surface area contributed by atoms with E-state index in [-0.39, 0.29) is 6.61 Å². The molecule has 0 aliphatic rings. The lowest BCUT2D eigenvalue weighted by molar-refractivity contribution is -0.119. The molecule has 1 amide bonds. The Balaban J connectivity index is 1.90. The largest absolute Gasteiger partial charge is 0.493 e. The van der Waals surface area contributed by atoms with Crippen LogP contribution in [-0.2, 0) is 17.9 Å². The molecule has 4 N–H and O–H groups in total. The van der Waals surface area contributed by atoms with Gasteiger partial charge in [0.1, 0.15) is 5.75 Å². The lowest BCUT2D eigenvalue weighted by Crippen LogP contribution is -2.36. The van der Waals surface area contributed by atoms with Crippen molar-refractivity contribution in [2.45, 2.75) is 13.1 Å². The van der Waals surface area contributed by atoms with Gasteiger partial charge in [0.15, 0.2) is 24.1 Å². The Kier molecular flexibility index (Phi) is 7.95. The number of hydrogen-bond acceptors (Lipinski definition) is 5. The molecule has 0 heterocycles. The fraction of sp³-hybridized carbons (Fsp3) is 0.300. The first-order valence-electron chi connectivity index (χ1n) is 8.71. The summed E-state index contributed by atoms with van der Waals surface area (Å²) in [7, 11) is 4.92. The number of guanidine groups is 1. The van der Waals surface area contributed by atoms with E-state index in [0.717, 1.165) is 11.1 Å². The van der Waals surface area contributed by atoms with Crippen LogP contribution in [0.25, 0.3) is 0 Å². The van der Waals surface area contributed by atoms with Gasteiger partial charge in [-0.3, -0.25) is 9.79 Å². The number of nitrogens with zero attached hydrogens (tertiary/aromatic N) is 1. The maximum Gasteiger partial charge on any atom is 0.255 e. The first-order chi connectivity index (χ1) is 13.5. The maximum absolute atomic E-state index is 10.8. The Morgan fingerprint density at radius 1 is 1.00 bits per heavy atom. The number of rotatable bonds is 9. The number of nitrogens with one attached hydrogen (secondary N) is 2. The number of carbonyl (C=O) groups is 1. The van der Waals surface area contributed by atoms with Crippen LogP contribution in [0.4, 0.5) is 0 Å². The highest BCUT2D eigenvalue weighted by molar-refractivity contribution is 5.79. The van der Waals surface area contributed by atoms with E-state index >= 15 is 0 Å². The van der Waals surface area contributed by atoms with Gasteiger partial charge >= 0.3 is 0 Å². The predicted molar refractivity (Wildman–Crippen MR) is 108 cm³/mol. The smallest absolute Gasteiger partial charge is 0.255 e. The van der Waals surface area contributed by atoms with Crippen LogP contribution in [0.3, 0.4) is 0 Å². The van der Waals surface area contributed by atoms with Crippen molar-refractivity contribution in [3.05, 3.63) is 53.6 Å². The van der Waals surface area contributed by atoms with Crippen LogP contribution in [0.5, 0.6) is 17.2 Å². The zero-order chi connectivity index (χ0) is 20.4. The lowest BCUT2D eigenvalue weighted by atomic mass is 10.2. The van der Waals surface area contributed by atoms with Gasteiger partial charge in [0.2, 0.25) is 0 Å². The molecule has 2 rings (SSSR count). The fourth-order valence-electron chi connectivity index (χ4n) is 2.48. The van der Waals surface area contributed by atoms with Crippen LogP contribution in [0, 0.1) is 0 Å². The fourth-order valence-corrected chi connectivity index (χ4v) is 2.48. The van der Waals surface area contributed by atoms with Crippen LogP contribution >= 0.6 is 0 Å². The van der Waals surface area contributed by atoms with Crippen molar-refractivity contribution in [2.24, 2.45) is 10.7 Å². The molecule has 28 heavy (non-hydrogen) atoms. The van der Waals surface area contributed by atoms with E-state index in [1.54, 1.807) is 27.3 Å². The second-order valence-corrected chi connectivity index (χ2v) is 5.87. The van der Waals surface area contributed by atoms with Crippen molar-refractivity contribution in [2.75, 3.05) is 27.9 Å². The summed E-state index contributed by atoms with van der Waals surface area (Å²) in [5.41, 5.74) is 7.11. The molecule has 2 aromatic rings. The van der Waals surface area contributed by atoms with Gasteiger partial charge in [0, 0.05) is 20.1 Å². The van der Waals surface area contributed by atoms with Gasteiger partial charge in [-0.25, -0.2) is 0 Å². The van der Waals surface area contributed by atoms with Crippen molar-refractivity contribution in [3.8, 4) is 17.2 Å². The van der Waals surface area contributed by atoms with Crippen LogP contribution in [-0.4, -0.2) is 39.7 Å². The maximum atomic E-state index is 10.8. The van der Waals surface area contributed by atoms with Crippen molar-refractivity contribution < 1.29 is 19.0 Å². The zero-order valence-electron chi connectivity index (χ0n) is 16.3. The van der Waals surface area contributed by atoms with Gasteiger partial charge in [-0.15, -0.1) is 0 Å². The van der Waals surface area contributed by atoms with Crippen LogP contribution in [0.15, 0.2) is 47.5 Å². The Morgan fingerprint density at radius 3 is 2.29 bits per heavy atom. The number of nitrogens with two attached hydrogens (primary N) is 1. The highest BCUT2D eigenvalue weighted by atomic mass is 16.5. The van der Waals surface area contributed by atoms with E-state index < -0.39 is 5.91 Å². The summed E-state index contributed by atoms with van der Waals surface area (Å²) in [6, 6.07) is 13.2. The number of carbonyl (C=O) groups excluding carboxylic acids is 1. The summed E-state index contributed by atoms with van der Waals surface area (Å²) in [4.78, 5) is 15.0. The van der Waals surface area contributed by atoms with Gasteiger partial charge in [-0.1, -0.05) is 18.2 Å². The van der Waals surface area contributed by atoms with E-state index in [9.17, 15) is 4.79 Å². The SMILES string of the molecule is CN=C(NCc1cccc(OCC(N)=O)c1)NCc1ccc(OC)c(OC)c1. The molecular weight excluding hydrogens is 360 g/mol. The molecule has 8 nitrogen and oxygen atoms in total. The molecule has 0 fully saturated rings. The number of amides is 1. The van der Waals surface area contributed by atoms with Gasteiger partial charge in [-0.2, -0.15) is 0 Å². The number of ether oxygens (including phenoxy) is 3. The standard InChI is InChI=1S/C20H26N4O4/c1-22-20(24-12-15-7-8-17(26-2)18(10-15)27-3)23-11-14-5-4-6-16(9-14)28-13-19(21)25/h4-10H,11-13H2,1-3H3,(H2,21,25)(H2,22,23,24). The molecule has 0 saturated carbocycles. The minimum atomic E-state index is -0.511. The highest BCUT2D eigenvalue weighted by Crippen LogP contribution is 2.27. The molecule has 0 saturated heterocycles. The summed E-state index contributed by atoms with van der Waals surface area (Å²) in [6.07, 6.45) is 0. The van der Waals surface area contributed by atoms with E-state index in [0.29, 0.717) is 36.3 Å². The Hall–Kier alpha value is -3.42. The van der Waals surface area contributed by atoms with E-state index in [2.05, 4.69) is 15.6 Å². The minimum absolute atomic E-state index is 0.147. The number of benzene rings is 2. The van der Waals surface area contributed by atoms with Crippen molar-refractivity contribution in [3.63, 3.8) is 0 Å². The Labute approximate surface area is 164 Å². The van der Waals surface area contributed by atoms with Gasteiger partial charge in [0.05, 0.1) is 14.2 Å². The third kappa shape index (κ3) is 6.39. The van der Waals surface area contributed by atoms with Crippen molar-refractivity contribution in [1.29, 1.82) is 0 Å². The zero-order valence-corrected chi connectivity index (χ0v) is 16.3. The third-order valence-electron chi connectivity index (χ3n) is 3.87. The molecule has 0 radical (unpaired) electrons.